The summed E-state index contributed by atoms with van der Waals surface area (Å²) < 4.78 is 13.0. The van der Waals surface area contributed by atoms with E-state index in [4.69, 9.17) is 0 Å². The molecule has 12 heavy (non-hydrogen) atoms. The van der Waals surface area contributed by atoms with Gasteiger partial charge in [-0.15, -0.1) is 0 Å². The fourth-order valence-electron chi connectivity index (χ4n) is 1.29. The average molecular weight is 163 g/mol. The van der Waals surface area contributed by atoms with E-state index in [1.54, 1.807) is 6.07 Å². The van der Waals surface area contributed by atoms with Gasteiger partial charge in [-0.2, -0.15) is 0 Å². The first-order valence-corrected chi connectivity index (χ1v) is 4.43. The van der Waals surface area contributed by atoms with E-state index < -0.39 is 0 Å². The minimum Gasteiger partial charge on any atom is -0.207 e. The van der Waals surface area contributed by atoms with Crippen LogP contribution in [0.2, 0.25) is 0 Å². The van der Waals surface area contributed by atoms with Crippen molar-refractivity contribution in [2.24, 2.45) is 5.92 Å². The molecule has 1 heteroatoms. The second kappa shape index (κ2) is 3.26. The first kappa shape index (κ1) is 7.78. The molecule has 0 unspecified atom stereocenters. The molecule has 0 bridgehead atoms. The highest BCUT2D eigenvalue weighted by Crippen LogP contribution is 2.32. The van der Waals surface area contributed by atoms with Crippen molar-refractivity contribution in [3.8, 4) is 0 Å². The van der Waals surface area contributed by atoms with Gasteiger partial charge in [0.05, 0.1) is 0 Å². The summed E-state index contributed by atoms with van der Waals surface area (Å²) in [5.74, 6) is 0.694. The number of halogens is 1. The summed E-state index contributed by atoms with van der Waals surface area (Å²) in [6.45, 7) is 0. The van der Waals surface area contributed by atoms with Gasteiger partial charge >= 0.3 is 0 Å². The summed E-state index contributed by atoms with van der Waals surface area (Å²) in [6, 6.07) is 7.00. The van der Waals surface area contributed by atoms with Crippen molar-refractivity contribution in [1.82, 2.24) is 0 Å². The zero-order chi connectivity index (χ0) is 8.39. The molecule has 1 fully saturated rings. The van der Waals surface area contributed by atoms with Crippen LogP contribution in [-0.2, 0) is 6.42 Å². The Morgan fingerprint density at radius 2 is 2.08 bits per heavy atom. The van der Waals surface area contributed by atoms with Crippen molar-refractivity contribution in [3.05, 3.63) is 42.1 Å². The highest BCUT2D eigenvalue weighted by atomic mass is 19.1. The van der Waals surface area contributed by atoms with Gasteiger partial charge in [0.2, 0.25) is 0 Å². The van der Waals surface area contributed by atoms with Crippen molar-refractivity contribution in [1.29, 1.82) is 0 Å². The van der Waals surface area contributed by atoms with E-state index in [9.17, 15) is 4.39 Å². The van der Waals surface area contributed by atoms with Crippen LogP contribution in [0.25, 0.3) is 0 Å². The number of hydrogen-bond acceptors (Lipinski definition) is 0. The minimum atomic E-state index is -0.0746. The molecule has 1 radical (unpaired) electrons. The molecule has 63 valence electrons. The number of benzene rings is 1. The fourth-order valence-corrected chi connectivity index (χ4v) is 1.29. The van der Waals surface area contributed by atoms with Crippen LogP contribution < -0.4 is 0 Å². The monoisotopic (exact) mass is 163 g/mol. The van der Waals surface area contributed by atoms with E-state index in [0.29, 0.717) is 0 Å². The van der Waals surface area contributed by atoms with Gasteiger partial charge in [-0.3, -0.25) is 0 Å². The van der Waals surface area contributed by atoms with E-state index in [1.165, 1.54) is 18.9 Å². The van der Waals surface area contributed by atoms with Gasteiger partial charge < -0.3 is 0 Å². The van der Waals surface area contributed by atoms with E-state index in [2.05, 4.69) is 6.42 Å². The van der Waals surface area contributed by atoms with Crippen LogP contribution in [0.3, 0.4) is 0 Å². The molecule has 0 N–H and O–H groups in total. The highest BCUT2D eigenvalue weighted by molar-refractivity contribution is 5.19. The van der Waals surface area contributed by atoms with E-state index >= 15 is 0 Å². The van der Waals surface area contributed by atoms with Crippen LogP contribution >= 0.6 is 0 Å². The van der Waals surface area contributed by atoms with Crippen LogP contribution in [0, 0.1) is 18.2 Å². The van der Waals surface area contributed by atoms with Crippen molar-refractivity contribution in [3.63, 3.8) is 0 Å². The third kappa shape index (κ3) is 1.84. The Morgan fingerprint density at radius 3 is 2.75 bits per heavy atom. The Bertz CT molecular complexity index is 263. The normalized spacial score (nSPS) is 16.4. The lowest BCUT2D eigenvalue weighted by Crippen LogP contribution is -1.91. The van der Waals surface area contributed by atoms with Crippen LogP contribution in [-0.4, -0.2) is 0 Å². The second-order valence-corrected chi connectivity index (χ2v) is 3.37. The molecule has 0 heterocycles. The SMILES string of the molecule is Fc1ccccc1C[CH]C1CC1. The van der Waals surface area contributed by atoms with Crippen molar-refractivity contribution >= 4 is 0 Å². The summed E-state index contributed by atoms with van der Waals surface area (Å²) in [5, 5.41) is 0. The van der Waals surface area contributed by atoms with Gasteiger partial charge in [0.15, 0.2) is 0 Å². The van der Waals surface area contributed by atoms with Crippen LogP contribution in [0.5, 0.6) is 0 Å². The molecule has 1 saturated carbocycles. The topological polar surface area (TPSA) is 0 Å². The lowest BCUT2D eigenvalue weighted by molar-refractivity contribution is 0.611. The molecule has 0 aliphatic heterocycles. The Labute approximate surface area is 72.4 Å². The molecule has 1 aromatic rings. The van der Waals surface area contributed by atoms with Crippen LogP contribution in [0.4, 0.5) is 4.39 Å². The Kier molecular flexibility index (Phi) is 2.11. The van der Waals surface area contributed by atoms with Gasteiger partial charge in [-0.05, 0) is 43.2 Å². The molecule has 0 atom stereocenters. The first-order valence-electron chi connectivity index (χ1n) is 4.43. The van der Waals surface area contributed by atoms with Crippen molar-refractivity contribution < 1.29 is 4.39 Å². The Morgan fingerprint density at radius 1 is 1.33 bits per heavy atom. The maximum absolute atomic E-state index is 13.0. The summed E-state index contributed by atoms with van der Waals surface area (Å²) in [4.78, 5) is 0. The smallest absolute Gasteiger partial charge is 0.126 e. The molecule has 0 aromatic heterocycles. The molecule has 1 aromatic carbocycles. The molecule has 0 saturated heterocycles. The first-order chi connectivity index (χ1) is 5.86. The fraction of sp³-hybridized carbons (Fsp3) is 0.364. The van der Waals surface area contributed by atoms with Crippen molar-refractivity contribution in [2.45, 2.75) is 19.3 Å². The largest absolute Gasteiger partial charge is 0.207 e. The highest BCUT2D eigenvalue weighted by Gasteiger charge is 2.21. The summed E-state index contributed by atoms with van der Waals surface area (Å²) in [5.41, 5.74) is 0.824. The lowest BCUT2D eigenvalue weighted by Gasteiger charge is -2.00. The Hall–Kier alpha value is -0.850. The van der Waals surface area contributed by atoms with E-state index in [1.807, 2.05) is 12.1 Å². The number of rotatable bonds is 3. The lowest BCUT2D eigenvalue weighted by atomic mass is 10.1. The minimum absolute atomic E-state index is 0.0746. The van der Waals surface area contributed by atoms with Crippen LogP contribution in [0.1, 0.15) is 18.4 Å². The van der Waals surface area contributed by atoms with E-state index in [0.717, 1.165) is 17.9 Å². The van der Waals surface area contributed by atoms with E-state index in [-0.39, 0.29) is 5.82 Å². The Balaban J connectivity index is 1.96. The molecule has 1 aliphatic carbocycles. The van der Waals surface area contributed by atoms with Crippen LogP contribution in [0.15, 0.2) is 24.3 Å². The number of hydrogen-bond donors (Lipinski definition) is 0. The third-order valence-corrected chi connectivity index (χ3v) is 2.25. The van der Waals surface area contributed by atoms with Gasteiger partial charge in [0, 0.05) is 0 Å². The molecule has 1 aliphatic rings. The standard InChI is InChI=1S/C11H12F/c12-11-4-2-1-3-10(11)8-7-9-5-6-9/h1-4,7,9H,5-6,8H2. The predicted molar refractivity (Wildman–Crippen MR) is 47.1 cm³/mol. The van der Waals surface area contributed by atoms with Gasteiger partial charge in [-0.25, -0.2) is 4.39 Å². The molecule has 0 nitrogen and oxygen atoms in total. The molecular weight excluding hydrogens is 151 g/mol. The maximum atomic E-state index is 13.0. The quantitative estimate of drug-likeness (QED) is 0.642. The zero-order valence-corrected chi connectivity index (χ0v) is 6.96. The second-order valence-electron chi connectivity index (χ2n) is 3.37. The van der Waals surface area contributed by atoms with Crippen molar-refractivity contribution in [2.75, 3.05) is 0 Å². The molecule has 2 rings (SSSR count). The zero-order valence-electron chi connectivity index (χ0n) is 6.96. The maximum Gasteiger partial charge on any atom is 0.126 e. The molecule has 0 spiro atoms. The average Bonchev–Trinajstić information content (AvgIpc) is 2.86. The van der Waals surface area contributed by atoms with Gasteiger partial charge in [0.25, 0.3) is 0 Å². The predicted octanol–water partition coefficient (Wildman–Crippen LogP) is 2.98. The summed E-state index contributed by atoms with van der Waals surface area (Å²) in [7, 11) is 0. The summed E-state index contributed by atoms with van der Waals surface area (Å²) in [6.07, 6.45) is 5.61. The third-order valence-electron chi connectivity index (χ3n) is 2.25. The summed E-state index contributed by atoms with van der Waals surface area (Å²) >= 11 is 0. The molecular formula is C11H12F. The molecule has 0 amide bonds. The van der Waals surface area contributed by atoms with Gasteiger partial charge in [0.1, 0.15) is 5.82 Å². The van der Waals surface area contributed by atoms with Gasteiger partial charge in [-0.1, -0.05) is 18.2 Å².